The Kier molecular flexibility index (Phi) is 5.94. The van der Waals surface area contributed by atoms with Gasteiger partial charge in [-0.3, -0.25) is 4.79 Å². The van der Waals surface area contributed by atoms with Crippen LogP contribution >= 0.6 is 0 Å². The number of benzene rings is 2. The maximum atomic E-state index is 14.3. The fraction of sp³-hybridized carbons (Fsp3) is 0.548. The van der Waals surface area contributed by atoms with E-state index in [1.165, 1.54) is 11.6 Å². The molecule has 1 saturated carbocycles. The summed E-state index contributed by atoms with van der Waals surface area (Å²) in [6.07, 6.45) is 2.79. The monoisotopic (exact) mass is 502 g/mol. The van der Waals surface area contributed by atoms with E-state index in [1.807, 2.05) is 31.7 Å². The van der Waals surface area contributed by atoms with Gasteiger partial charge in [-0.05, 0) is 79.8 Å². The van der Waals surface area contributed by atoms with Crippen molar-refractivity contribution in [3.8, 4) is 0 Å². The van der Waals surface area contributed by atoms with Gasteiger partial charge in [-0.1, -0.05) is 45.0 Å². The van der Waals surface area contributed by atoms with Crippen LogP contribution in [0.2, 0.25) is 0 Å². The highest BCUT2D eigenvalue weighted by atomic mass is 19.1. The second-order valence-electron chi connectivity index (χ2n) is 12.7. The minimum atomic E-state index is -0.370. The zero-order valence-electron chi connectivity index (χ0n) is 22.6. The number of amides is 1. The summed E-state index contributed by atoms with van der Waals surface area (Å²) in [7, 11) is 0. The van der Waals surface area contributed by atoms with E-state index in [4.69, 9.17) is 4.98 Å². The predicted molar refractivity (Wildman–Crippen MR) is 145 cm³/mol. The lowest BCUT2D eigenvalue weighted by Crippen LogP contribution is -2.49. The van der Waals surface area contributed by atoms with E-state index in [9.17, 15) is 9.18 Å². The number of likely N-dealkylation sites (tertiary alicyclic amines) is 2. The van der Waals surface area contributed by atoms with Gasteiger partial charge in [0, 0.05) is 37.6 Å². The largest absolute Gasteiger partial charge is 0.342 e. The zero-order valence-corrected chi connectivity index (χ0v) is 22.6. The van der Waals surface area contributed by atoms with Gasteiger partial charge in [0.15, 0.2) is 0 Å². The van der Waals surface area contributed by atoms with E-state index in [0.717, 1.165) is 68.9 Å². The van der Waals surface area contributed by atoms with Crippen LogP contribution < -0.4 is 0 Å². The molecule has 0 bridgehead atoms. The molecule has 3 fully saturated rings. The third-order valence-electron chi connectivity index (χ3n) is 9.29. The summed E-state index contributed by atoms with van der Waals surface area (Å²) in [4.78, 5) is 22.3. The molecule has 1 aromatic heterocycles. The lowest BCUT2D eigenvalue weighted by Gasteiger charge is -2.44. The first-order chi connectivity index (χ1) is 17.7. The molecular formula is C31H39FN4O. The summed E-state index contributed by atoms with van der Waals surface area (Å²) in [5.74, 6) is 2.54. The Morgan fingerprint density at radius 2 is 1.76 bits per heavy atom. The normalized spacial score (nSPS) is 25.4. The average molecular weight is 503 g/mol. The van der Waals surface area contributed by atoms with Crippen LogP contribution in [0.15, 0.2) is 48.5 Å². The molecule has 196 valence electrons. The number of aromatic nitrogens is 2. The summed E-state index contributed by atoms with van der Waals surface area (Å²) in [5, 5.41) is 0. The van der Waals surface area contributed by atoms with Crippen molar-refractivity contribution in [2.75, 3.05) is 32.7 Å². The lowest BCUT2D eigenvalue weighted by molar-refractivity contribution is -0.141. The van der Waals surface area contributed by atoms with Gasteiger partial charge in [0.25, 0.3) is 0 Å². The molecule has 2 aromatic carbocycles. The van der Waals surface area contributed by atoms with Gasteiger partial charge in [0.1, 0.15) is 11.6 Å². The van der Waals surface area contributed by atoms with Gasteiger partial charge in [-0.25, -0.2) is 9.37 Å². The zero-order chi connectivity index (χ0) is 25.9. The van der Waals surface area contributed by atoms with E-state index in [2.05, 4.69) is 46.7 Å². The molecule has 2 saturated heterocycles. The van der Waals surface area contributed by atoms with Crippen molar-refractivity contribution in [3.63, 3.8) is 0 Å². The third-order valence-corrected chi connectivity index (χ3v) is 9.29. The van der Waals surface area contributed by atoms with Crippen LogP contribution in [0.3, 0.4) is 0 Å². The van der Waals surface area contributed by atoms with Crippen molar-refractivity contribution in [3.05, 3.63) is 65.7 Å². The number of halogens is 1. The molecule has 0 radical (unpaired) electrons. The number of carbonyl (C=O) groups excluding carboxylic acids is 1. The number of nitrogens with zero attached hydrogens (tertiary/aromatic N) is 4. The summed E-state index contributed by atoms with van der Waals surface area (Å²) in [5.41, 5.74) is 2.99. The van der Waals surface area contributed by atoms with Crippen molar-refractivity contribution in [2.24, 2.45) is 17.3 Å². The Morgan fingerprint density at radius 1 is 1.05 bits per heavy atom. The molecule has 1 aliphatic carbocycles. The third kappa shape index (κ3) is 4.37. The highest BCUT2D eigenvalue weighted by Crippen LogP contribution is 2.56. The molecule has 6 rings (SSSR count). The van der Waals surface area contributed by atoms with Crippen LogP contribution in [-0.4, -0.2) is 58.0 Å². The number of carbonyl (C=O) groups is 1. The SMILES string of the molecule is Cc1nc2ccccc2n1C1[C@H]2CN(CCC3(c4cccc(F)c4)CCN(C(=O)C(C)(C)C)CC3)C[C@@H]12. The topological polar surface area (TPSA) is 41.4 Å². The first-order valence-corrected chi connectivity index (χ1v) is 13.9. The molecule has 3 aliphatic rings. The standard InChI is InChI=1S/C31H39FN4O/c1-21-33-26-10-5-6-11-27(26)36(21)28-24-19-34(20-25(24)28)15-12-31(22-8-7-9-23(32)18-22)13-16-35(17-14-31)29(37)30(2,3)4/h5-11,18,24-25,28H,12-17,19-20H2,1-4H3/t24-,25+,28?. The Bertz CT molecular complexity index is 1300. The molecular weight excluding hydrogens is 463 g/mol. The maximum absolute atomic E-state index is 14.3. The highest BCUT2D eigenvalue weighted by Gasteiger charge is 2.57. The molecule has 3 aromatic rings. The second kappa shape index (κ2) is 8.93. The number of fused-ring (bicyclic) bond motifs is 2. The number of aryl methyl sites for hydroxylation is 1. The molecule has 3 heterocycles. The van der Waals surface area contributed by atoms with Crippen molar-refractivity contribution in [1.82, 2.24) is 19.4 Å². The predicted octanol–water partition coefficient (Wildman–Crippen LogP) is 5.58. The van der Waals surface area contributed by atoms with E-state index in [1.54, 1.807) is 6.07 Å². The Morgan fingerprint density at radius 3 is 2.43 bits per heavy atom. The first-order valence-electron chi connectivity index (χ1n) is 13.9. The molecule has 2 aliphatic heterocycles. The summed E-state index contributed by atoms with van der Waals surface area (Å²) in [6, 6.07) is 16.2. The van der Waals surface area contributed by atoms with E-state index in [-0.39, 0.29) is 22.6 Å². The maximum Gasteiger partial charge on any atom is 0.227 e. The van der Waals surface area contributed by atoms with Crippen LogP contribution in [0.4, 0.5) is 4.39 Å². The van der Waals surface area contributed by atoms with Crippen LogP contribution in [-0.2, 0) is 10.2 Å². The molecule has 5 nitrogen and oxygen atoms in total. The highest BCUT2D eigenvalue weighted by molar-refractivity contribution is 5.81. The van der Waals surface area contributed by atoms with E-state index in [0.29, 0.717) is 17.9 Å². The molecule has 6 heteroatoms. The Hall–Kier alpha value is -2.73. The number of rotatable bonds is 5. The van der Waals surface area contributed by atoms with Gasteiger partial charge in [0.2, 0.25) is 5.91 Å². The van der Waals surface area contributed by atoms with Crippen LogP contribution in [0.1, 0.15) is 57.5 Å². The van der Waals surface area contributed by atoms with Gasteiger partial charge >= 0.3 is 0 Å². The molecule has 0 spiro atoms. The minimum absolute atomic E-state index is 0.0832. The fourth-order valence-electron chi connectivity index (χ4n) is 7.17. The minimum Gasteiger partial charge on any atom is -0.342 e. The van der Waals surface area contributed by atoms with Crippen molar-refractivity contribution < 1.29 is 9.18 Å². The molecule has 37 heavy (non-hydrogen) atoms. The molecule has 1 unspecified atom stereocenters. The van der Waals surface area contributed by atoms with Crippen LogP contribution in [0, 0.1) is 30.0 Å². The average Bonchev–Trinajstić information content (AvgIpc) is 3.20. The Labute approximate surface area is 219 Å². The number of hydrogen-bond donors (Lipinski definition) is 0. The number of para-hydroxylation sites is 2. The number of piperidine rings is 2. The molecule has 3 atom stereocenters. The van der Waals surface area contributed by atoms with Crippen molar-refractivity contribution in [1.29, 1.82) is 0 Å². The molecule has 1 amide bonds. The fourth-order valence-corrected chi connectivity index (χ4v) is 7.17. The van der Waals surface area contributed by atoms with E-state index >= 15 is 0 Å². The van der Waals surface area contributed by atoms with E-state index < -0.39 is 0 Å². The van der Waals surface area contributed by atoms with Crippen molar-refractivity contribution in [2.45, 2.75) is 58.4 Å². The number of hydrogen-bond acceptors (Lipinski definition) is 3. The van der Waals surface area contributed by atoms with Crippen LogP contribution in [0.25, 0.3) is 11.0 Å². The lowest BCUT2D eigenvalue weighted by atomic mass is 9.70. The number of imidazole rings is 1. The van der Waals surface area contributed by atoms with Crippen molar-refractivity contribution >= 4 is 16.9 Å². The van der Waals surface area contributed by atoms with Gasteiger partial charge < -0.3 is 14.4 Å². The second-order valence-corrected chi connectivity index (χ2v) is 12.7. The Balaban J connectivity index is 1.13. The van der Waals surface area contributed by atoms with Crippen LogP contribution in [0.5, 0.6) is 0 Å². The van der Waals surface area contributed by atoms with Gasteiger partial charge in [-0.15, -0.1) is 0 Å². The summed E-state index contributed by atoms with van der Waals surface area (Å²) < 4.78 is 16.8. The quantitative estimate of drug-likeness (QED) is 0.457. The summed E-state index contributed by atoms with van der Waals surface area (Å²) in [6.45, 7) is 12.8. The smallest absolute Gasteiger partial charge is 0.227 e. The van der Waals surface area contributed by atoms with Gasteiger partial charge in [0.05, 0.1) is 11.0 Å². The molecule has 0 N–H and O–H groups in total. The van der Waals surface area contributed by atoms with Gasteiger partial charge in [-0.2, -0.15) is 0 Å². The summed E-state index contributed by atoms with van der Waals surface area (Å²) >= 11 is 0. The first kappa shape index (κ1) is 24.6.